The highest BCUT2D eigenvalue weighted by Crippen LogP contribution is 2.48. The molecule has 0 saturated carbocycles. The molecule has 0 radical (unpaired) electrons. The van der Waals surface area contributed by atoms with Crippen LogP contribution in [0.3, 0.4) is 0 Å². The standard InChI is InChI=1S/C29H32N2O6S/c1-30(14-16-34-21-10-12-25-26(18-21)37-19-36-25)13-6-15-35-24-11-9-20(33-3)17-22(24)28-29(32)31(2)23-7-4-5-8-27(23)38-28/h4-5,7-12,17-18,28H,6,13-16,19H2,1-3H3/t28-/m1/s1. The Morgan fingerprint density at radius 3 is 2.66 bits per heavy atom. The number of hydrogen-bond acceptors (Lipinski definition) is 8. The maximum atomic E-state index is 13.3. The summed E-state index contributed by atoms with van der Waals surface area (Å²) in [6.07, 6.45) is 0.834. The van der Waals surface area contributed by atoms with Gasteiger partial charge in [0, 0.05) is 36.7 Å². The fraction of sp³-hybridized carbons (Fsp3) is 0.345. The first-order chi connectivity index (χ1) is 18.5. The average Bonchev–Trinajstić information content (AvgIpc) is 3.41. The summed E-state index contributed by atoms with van der Waals surface area (Å²) >= 11 is 1.55. The Balaban J connectivity index is 1.14. The summed E-state index contributed by atoms with van der Waals surface area (Å²) in [5, 5.41) is -0.406. The number of ether oxygens (including phenoxy) is 5. The predicted molar refractivity (Wildman–Crippen MR) is 147 cm³/mol. The lowest BCUT2D eigenvalue weighted by Gasteiger charge is -2.32. The molecule has 9 heteroatoms. The number of likely N-dealkylation sites (N-methyl/N-ethyl adjacent to an activating group) is 2. The van der Waals surface area contributed by atoms with Crippen LogP contribution in [0.25, 0.3) is 0 Å². The molecule has 3 aromatic rings. The van der Waals surface area contributed by atoms with E-state index >= 15 is 0 Å². The van der Waals surface area contributed by atoms with Gasteiger partial charge in [0.25, 0.3) is 0 Å². The summed E-state index contributed by atoms with van der Waals surface area (Å²) in [7, 11) is 5.51. The maximum absolute atomic E-state index is 13.3. The fourth-order valence-electron chi connectivity index (χ4n) is 4.41. The van der Waals surface area contributed by atoms with Crippen LogP contribution < -0.4 is 28.6 Å². The summed E-state index contributed by atoms with van der Waals surface area (Å²) in [6, 6.07) is 19.2. The molecule has 38 heavy (non-hydrogen) atoms. The molecule has 0 N–H and O–H groups in total. The zero-order valence-corrected chi connectivity index (χ0v) is 22.7. The molecule has 2 heterocycles. The van der Waals surface area contributed by atoms with Crippen molar-refractivity contribution < 1.29 is 28.5 Å². The van der Waals surface area contributed by atoms with Gasteiger partial charge in [0.1, 0.15) is 29.1 Å². The lowest BCUT2D eigenvalue weighted by molar-refractivity contribution is -0.118. The maximum Gasteiger partial charge on any atom is 0.244 e. The SMILES string of the molecule is COc1ccc(OCCCN(C)CCOc2ccc3c(c2)OCO3)c([C@H]2Sc3ccccc3N(C)C2=O)c1. The van der Waals surface area contributed by atoms with E-state index in [1.807, 2.05) is 67.7 Å². The third-order valence-electron chi connectivity index (χ3n) is 6.55. The largest absolute Gasteiger partial charge is 0.497 e. The second-order valence-corrected chi connectivity index (χ2v) is 10.3. The first kappa shape index (κ1) is 26.1. The Morgan fingerprint density at radius 1 is 0.974 bits per heavy atom. The number of carbonyl (C=O) groups excluding carboxylic acids is 1. The van der Waals surface area contributed by atoms with Crippen LogP contribution in [0.5, 0.6) is 28.7 Å². The molecule has 0 bridgehead atoms. The summed E-state index contributed by atoms with van der Waals surface area (Å²) < 4.78 is 28.3. The van der Waals surface area contributed by atoms with Crippen molar-refractivity contribution in [2.45, 2.75) is 16.6 Å². The molecule has 2 aliphatic heterocycles. The van der Waals surface area contributed by atoms with E-state index in [1.165, 1.54) is 0 Å². The van der Waals surface area contributed by atoms with E-state index in [9.17, 15) is 4.79 Å². The first-order valence-corrected chi connectivity index (χ1v) is 13.5. The molecular weight excluding hydrogens is 504 g/mol. The quantitative estimate of drug-likeness (QED) is 0.317. The summed E-state index contributed by atoms with van der Waals surface area (Å²) in [5.41, 5.74) is 1.75. The number of rotatable bonds is 11. The minimum absolute atomic E-state index is 0.0222. The van der Waals surface area contributed by atoms with E-state index in [2.05, 4.69) is 11.9 Å². The van der Waals surface area contributed by atoms with Crippen molar-refractivity contribution in [3.63, 3.8) is 0 Å². The molecule has 0 unspecified atom stereocenters. The molecule has 0 aliphatic carbocycles. The lowest BCUT2D eigenvalue weighted by atomic mass is 10.1. The van der Waals surface area contributed by atoms with Crippen molar-refractivity contribution in [3.8, 4) is 28.7 Å². The monoisotopic (exact) mass is 536 g/mol. The average molecular weight is 537 g/mol. The van der Waals surface area contributed by atoms with Gasteiger partial charge in [-0.1, -0.05) is 12.1 Å². The molecule has 1 amide bonds. The van der Waals surface area contributed by atoms with Gasteiger partial charge in [-0.2, -0.15) is 0 Å². The molecule has 2 aliphatic rings. The van der Waals surface area contributed by atoms with E-state index in [-0.39, 0.29) is 12.7 Å². The molecule has 0 spiro atoms. The van der Waals surface area contributed by atoms with Crippen molar-refractivity contribution >= 4 is 23.4 Å². The van der Waals surface area contributed by atoms with Crippen molar-refractivity contribution in [1.29, 1.82) is 0 Å². The summed E-state index contributed by atoms with van der Waals surface area (Å²) in [5.74, 6) is 3.66. The summed E-state index contributed by atoms with van der Waals surface area (Å²) in [4.78, 5) is 18.3. The highest BCUT2D eigenvalue weighted by molar-refractivity contribution is 8.00. The highest BCUT2D eigenvalue weighted by atomic mass is 32.2. The molecular formula is C29H32N2O6S. The zero-order valence-electron chi connectivity index (χ0n) is 21.8. The number of hydrogen-bond donors (Lipinski definition) is 0. The Bertz CT molecular complexity index is 1290. The third-order valence-corrected chi connectivity index (χ3v) is 7.84. The van der Waals surface area contributed by atoms with Crippen LogP contribution in [0, 0.1) is 0 Å². The zero-order chi connectivity index (χ0) is 26.5. The number of methoxy groups -OCH3 is 1. The van der Waals surface area contributed by atoms with Gasteiger partial charge in [-0.05, 0) is 55.9 Å². The third kappa shape index (κ3) is 5.79. The van der Waals surface area contributed by atoms with Gasteiger partial charge in [-0.3, -0.25) is 4.79 Å². The van der Waals surface area contributed by atoms with Crippen molar-refractivity contribution in [2.75, 3.05) is 59.2 Å². The van der Waals surface area contributed by atoms with Crippen molar-refractivity contribution in [1.82, 2.24) is 4.90 Å². The van der Waals surface area contributed by atoms with Crippen LogP contribution in [0.4, 0.5) is 5.69 Å². The highest BCUT2D eigenvalue weighted by Gasteiger charge is 2.34. The lowest BCUT2D eigenvalue weighted by Crippen LogP contribution is -2.33. The van der Waals surface area contributed by atoms with Crippen LogP contribution in [-0.2, 0) is 4.79 Å². The van der Waals surface area contributed by atoms with Gasteiger partial charge < -0.3 is 33.5 Å². The minimum Gasteiger partial charge on any atom is -0.497 e. The normalized spacial score (nSPS) is 15.9. The minimum atomic E-state index is -0.406. The number of amides is 1. The number of para-hydroxylation sites is 1. The van der Waals surface area contributed by atoms with E-state index in [0.29, 0.717) is 24.7 Å². The number of anilines is 1. The second-order valence-electron chi connectivity index (χ2n) is 9.14. The van der Waals surface area contributed by atoms with Gasteiger partial charge in [0.05, 0.1) is 19.4 Å². The van der Waals surface area contributed by atoms with E-state index in [1.54, 1.807) is 23.8 Å². The van der Waals surface area contributed by atoms with Gasteiger partial charge in [-0.25, -0.2) is 0 Å². The number of carbonyl (C=O) groups is 1. The van der Waals surface area contributed by atoms with Gasteiger partial charge in [-0.15, -0.1) is 11.8 Å². The Labute approximate surface area is 227 Å². The molecule has 0 aromatic heterocycles. The van der Waals surface area contributed by atoms with E-state index < -0.39 is 5.25 Å². The molecule has 200 valence electrons. The Kier molecular flexibility index (Phi) is 8.14. The predicted octanol–water partition coefficient (Wildman–Crippen LogP) is 5.01. The molecule has 8 nitrogen and oxygen atoms in total. The molecule has 3 aromatic carbocycles. The van der Waals surface area contributed by atoms with Gasteiger partial charge in [0.2, 0.25) is 12.7 Å². The number of fused-ring (bicyclic) bond motifs is 2. The number of benzene rings is 3. The van der Waals surface area contributed by atoms with Crippen LogP contribution >= 0.6 is 11.8 Å². The number of thioether (sulfide) groups is 1. The summed E-state index contributed by atoms with van der Waals surface area (Å²) in [6.45, 7) is 2.98. The van der Waals surface area contributed by atoms with Crippen molar-refractivity contribution in [3.05, 3.63) is 66.2 Å². The van der Waals surface area contributed by atoms with Crippen molar-refractivity contribution in [2.24, 2.45) is 0 Å². The number of nitrogens with zero attached hydrogens (tertiary/aromatic N) is 2. The van der Waals surface area contributed by atoms with Crippen LogP contribution in [0.1, 0.15) is 17.2 Å². The smallest absolute Gasteiger partial charge is 0.244 e. The van der Waals surface area contributed by atoms with Gasteiger partial charge >= 0.3 is 0 Å². The second kappa shape index (κ2) is 11.9. The Morgan fingerprint density at radius 2 is 1.79 bits per heavy atom. The molecule has 5 rings (SSSR count). The van der Waals surface area contributed by atoms with Crippen LogP contribution in [0.2, 0.25) is 0 Å². The van der Waals surface area contributed by atoms with Crippen LogP contribution in [-0.4, -0.2) is 65.1 Å². The first-order valence-electron chi connectivity index (χ1n) is 12.6. The Hall–Kier alpha value is -3.56. The fourth-order valence-corrected chi connectivity index (χ4v) is 5.71. The molecule has 0 saturated heterocycles. The van der Waals surface area contributed by atoms with E-state index in [4.69, 9.17) is 23.7 Å². The van der Waals surface area contributed by atoms with Gasteiger partial charge in [0.15, 0.2) is 11.5 Å². The topological polar surface area (TPSA) is 69.7 Å². The molecule has 0 fully saturated rings. The van der Waals surface area contributed by atoms with E-state index in [0.717, 1.165) is 52.9 Å². The molecule has 1 atom stereocenters. The van der Waals surface area contributed by atoms with Crippen LogP contribution in [0.15, 0.2) is 65.6 Å².